The highest BCUT2D eigenvalue weighted by Crippen LogP contribution is 2.28. The molecule has 18 heavy (non-hydrogen) atoms. The van der Waals surface area contributed by atoms with E-state index in [0.29, 0.717) is 24.2 Å². The lowest BCUT2D eigenvalue weighted by Gasteiger charge is -2.39. The van der Waals surface area contributed by atoms with E-state index in [1.165, 1.54) is 11.3 Å². The fraction of sp³-hybridized carbons (Fsp3) is 0.562. The minimum Gasteiger partial charge on any atom is -0.368 e. The summed E-state index contributed by atoms with van der Waals surface area (Å²) in [5, 5.41) is 0. The van der Waals surface area contributed by atoms with Gasteiger partial charge in [0.15, 0.2) is 0 Å². The van der Waals surface area contributed by atoms with Crippen LogP contribution in [0.25, 0.3) is 0 Å². The first-order valence-corrected chi connectivity index (χ1v) is 6.90. The van der Waals surface area contributed by atoms with Crippen LogP contribution in [0.15, 0.2) is 24.3 Å². The predicted octanol–water partition coefficient (Wildman–Crippen LogP) is 3.61. The Hall–Kier alpha value is -1.31. The van der Waals surface area contributed by atoms with Crippen LogP contribution in [0.3, 0.4) is 0 Å². The summed E-state index contributed by atoms with van der Waals surface area (Å²) in [5.41, 5.74) is 2.62. The van der Waals surface area contributed by atoms with E-state index < -0.39 is 0 Å². The molecule has 0 bridgehead atoms. The Morgan fingerprint density at radius 2 is 2.00 bits per heavy atom. The van der Waals surface area contributed by atoms with Gasteiger partial charge in [0, 0.05) is 30.6 Å². The van der Waals surface area contributed by atoms with Crippen molar-refractivity contribution in [2.24, 2.45) is 5.92 Å². The molecular formula is C16H23NO. The Morgan fingerprint density at radius 1 is 1.28 bits per heavy atom. The summed E-state index contributed by atoms with van der Waals surface area (Å²) < 4.78 is 0. The molecule has 0 N–H and O–H groups in total. The average Bonchev–Trinajstić information content (AvgIpc) is 2.36. The standard InChI is InChI=1S/C16H23NO/c1-11(2)14-6-5-7-15(10-14)17-9-8-16(18)12(3)13(17)4/h5-7,10-13H,8-9H2,1-4H3. The van der Waals surface area contributed by atoms with Crippen molar-refractivity contribution in [1.82, 2.24) is 0 Å². The van der Waals surface area contributed by atoms with Crippen molar-refractivity contribution < 1.29 is 4.79 Å². The van der Waals surface area contributed by atoms with Gasteiger partial charge in [-0.2, -0.15) is 0 Å². The van der Waals surface area contributed by atoms with E-state index in [9.17, 15) is 4.79 Å². The number of carbonyl (C=O) groups excluding carboxylic acids is 1. The molecule has 1 aliphatic heterocycles. The second kappa shape index (κ2) is 5.13. The number of hydrogen-bond acceptors (Lipinski definition) is 2. The van der Waals surface area contributed by atoms with E-state index in [1.54, 1.807) is 0 Å². The number of Topliss-reactive ketones (excluding diaryl/α,β-unsaturated/α-hetero) is 1. The Labute approximate surface area is 110 Å². The summed E-state index contributed by atoms with van der Waals surface area (Å²) in [6.07, 6.45) is 0.678. The largest absolute Gasteiger partial charge is 0.368 e. The Morgan fingerprint density at radius 3 is 2.67 bits per heavy atom. The van der Waals surface area contributed by atoms with E-state index in [4.69, 9.17) is 0 Å². The van der Waals surface area contributed by atoms with Gasteiger partial charge in [-0.3, -0.25) is 4.79 Å². The predicted molar refractivity (Wildman–Crippen MR) is 76.1 cm³/mol. The van der Waals surface area contributed by atoms with Crippen molar-refractivity contribution in [2.45, 2.75) is 46.1 Å². The molecule has 0 aromatic heterocycles. The summed E-state index contributed by atoms with van der Waals surface area (Å²) in [6.45, 7) is 9.48. The number of nitrogens with zero attached hydrogens (tertiary/aromatic N) is 1. The van der Waals surface area contributed by atoms with Gasteiger partial charge in [-0.1, -0.05) is 32.9 Å². The van der Waals surface area contributed by atoms with Gasteiger partial charge in [-0.25, -0.2) is 0 Å². The fourth-order valence-corrected chi connectivity index (χ4v) is 2.63. The van der Waals surface area contributed by atoms with Gasteiger partial charge in [-0.05, 0) is 30.5 Å². The van der Waals surface area contributed by atoms with Crippen molar-refractivity contribution in [3.63, 3.8) is 0 Å². The van der Waals surface area contributed by atoms with Crippen LogP contribution in [0, 0.1) is 5.92 Å². The molecule has 0 saturated carbocycles. The Bertz CT molecular complexity index is 438. The molecule has 1 aromatic carbocycles. The van der Waals surface area contributed by atoms with Crippen molar-refractivity contribution >= 4 is 11.5 Å². The molecule has 98 valence electrons. The zero-order valence-electron chi connectivity index (χ0n) is 11.8. The molecule has 0 radical (unpaired) electrons. The van der Waals surface area contributed by atoms with E-state index in [0.717, 1.165) is 6.54 Å². The third-order valence-electron chi connectivity index (χ3n) is 4.19. The number of benzene rings is 1. The molecule has 2 nitrogen and oxygen atoms in total. The third kappa shape index (κ3) is 2.43. The van der Waals surface area contributed by atoms with Gasteiger partial charge in [0.25, 0.3) is 0 Å². The molecule has 1 saturated heterocycles. The molecule has 1 heterocycles. The van der Waals surface area contributed by atoms with Crippen molar-refractivity contribution in [2.75, 3.05) is 11.4 Å². The van der Waals surface area contributed by atoms with E-state index in [-0.39, 0.29) is 5.92 Å². The molecule has 0 amide bonds. The highest BCUT2D eigenvalue weighted by molar-refractivity contribution is 5.84. The number of anilines is 1. The summed E-state index contributed by atoms with van der Waals surface area (Å²) in [7, 11) is 0. The van der Waals surface area contributed by atoms with Crippen LogP contribution in [-0.4, -0.2) is 18.4 Å². The van der Waals surface area contributed by atoms with E-state index in [2.05, 4.69) is 49.9 Å². The maximum atomic E-state index is 11.7. The van der Waals surface area contributed by atoms with Crippen LogP contribution in [-0.2, 0) is 4.79 Å². The molecule has 0 aliphatic carbocycles. The van der Waals surface area contributed by atoms with Gasteiger partial charge >= 0.3 is 0 Å². The van der Waals surface area contributed by atoms with E-state index in [1.807, 2.05) is 6.92 Å². The quantitative estimate of drug-likeness (QED) is 0.793. The molecule has 2 unspecified atom stereocenters. The summed E-state index contributed by atoms with van der Waals surface area (Å²) in [5.74, 6) is 1.09. The lowest BCUT2D eigenvalue weighted by molar-refractivity contribution is -0.123. The Kier molecular flexibility index (Phi) is 3.74. The smallest absolute Gasteiger partial charge is 0.139 e. The van der Waals surface area contributed by atoms with Crippen LogP contribution < -0.4 is 4.90 Å². The number of hydrogen-bond donors (Lipinski definition) is 0. The highest BCUT2D eigenvalue weighted by Gasteiger charge is 2.30. The van der Waals surface area contributed by atoms with Gasteiger partial charge < -0.3 is 4.90 Å². The first-order chi connectivity index (χ1) is 8.50. The first kappa shape index (κ1) is 13.1. The van der Waals surface area contributed by atoms with Gasteiger partial charge in [0.1, 0.15) is 5.78 Å². The van der Waals surface area contributed by atoms with Crippen molar-refractivity contribution in [1.29, 1.82) is 0 Å². The molecule has 0 spiro atoms. The number of rotatable bonds is 2. The normalized spacial score (nSPS) is 24.7. The average molecular weight is 245 g/mol. The van der Waals surface area contributed by atoms with Crippen LogP contribution in [0.5, 0.6) is 0 Å². The maximum Gasteiger partial charge on any atom is 0.139 e. The number of ketones is 1. The van der Waals surface area contributed by atoms with E-state index >= 15 is 0 Å². The van der Waals surface area contributed by atoms with Gasteiger partial charge in [-0.15, -0.1) is 0 Å². The number of piperidine rings is 1. The maximum absolute atomic E-state index is 11.7. The second-order valence-electron chi connectivity index (χ2n) is 5.69. The molecule has 1 aliphatic rings. The summed E-state index contributed by atoms with van der Waals surface area (Å²) in [4.78, 5) is 14.1. The first-order valence-electron chi connectivity index (χ1n) is 6.90. The topological polar surface area (TPSA) is 20.3 Å². The van der Waals surface area contributed by atoms with Gasteiger partial charge in [0.05, 0.1) is 0 Å². The zero-order valence-corrected chi connectivity index (χ0v) is 11.8. The van der Waals surface area contributed by atoms with Crippen molar-refractivity contribution in [3.8, 4) is 0 Å². The molecule has 1 aromatic rings. The molecular weight excluding hydrogens is 222 g/mol. The monoisotopic (exact) mass is 245 g/mol. The van der Waals surface area contributed by atoms with Crippen LogP contribution >= 0.6 is 0 Å². The molecule has 1 fully saturated rings. The second-order valence-corrected chi connectivity index (χ2v) is 5.69. The Balaban J connectivity index is 2.26. The lowest BCUT2D eigenvalue weighted by atomic mass is 9.90. The minimum absolute atomic E-state index is 0.140. The number of carbonyl (C=O) groups is 1. The van der Waals surface area contributed by atoms with Crippen molar-refractivity contribution in [3.05, 3.63) is 29.8 Å². The van der Waals surface area contributed by atoms with Crippen LogP contribution in [0.2, 0.25) is 0 Å². The summed E-state index contributed by atoms with van der Waals surface area (Å²) in [6, 6.07) is 9.03. The SMILES string of the molecule is CC(C)c1cccc(N2CCC(=O)C(C)C2C)c1. The zero-order chi connectivity index (χ0) is 13.3. The fourth-order valence-electron chi connectivity index (χ4n) is 2.63. The lowest BCUT2D eigenvalue weighted by Crippen LogP contribution is -2.47. The third-order valence-corrected chi connectivity index (χ3v) is 4.19. The molecule has 2 atom stereocenters. The molecule has 2 heteroatoms. The minimum atomic E-state index is 0.140. The van der Waals surface area contributed by atoms with Gasteiger partial charge in [0.2, 0.25) is 0 Å². The summed E-state index contributed by atoms with van der Waals surface area (Å²) >= 11 is 0. The van der Waals surface area contributed by atoms with Crippen LogP contribution in [0.1, 0.15) is 45.6 Å². The highest BCUT2D eigenvalue weighted by atomic mass is 16.1. The molecule has 2 rings (SSSR count). The van der Waals surface area contributed by atoms with Crippen LogP contribution in [0.4, 0.5) is 5.69 Å².